The molecule has 0 bridgehead atoms. The second kappa shape index (κ2) is 11.5. The fraction of sp³-hybridized carbons (Fsp3) is 0.296. The molecule has 0 amide bonds. The summed E-state index contributed by atoms with van der Waals surface area (Å²) in [6.45, 7) is 3.17. The van der Waals surface area contributed by atoms with Crippen molar-refractivity contribution in [2.75, 3.05) is 53.7 Å². The van der Waals surface area contributed by atoms with E-state index in [2.05, 4.69) is 132 Å². The normalized spacial score (nSPS) is 12.7. The van der Waals surface area contributed by atoms with Crippen molar-refractivity contribution in [3.8, 4) is 0 Å². The maximum absolute atomic E-state index is 2.26. The van der Waals surface area contributed by atoms with Crippen molar-refractivity contribution in [3.63, 3.8) is 0 Å². The van der Waals surface area contributed by atoms with E-state index in [1.54, 1.807) is 0 Å². The van der Waals surface area contributed by atoms with Crippen molar-refractivity contribution in [2.45, 2.75) is 6.92 Å². The molecule has 0 heterocycles. The van der Waals surface area contributed by atoms with Gasteiger partial charge in [0.05, 0.1) is 21.1 Å². The average Bonchev–Trinajstić information content (AvgIpc) is 2.74. The molecule has 0 spiro atoms. The fourth-order valence-corrected chi connectivity index (χ4v) is 3.57. The first kappa shape index (κ1) is 27.7. The van der Waals surface area contributed by atoms with Crippen LogP contribution in [0.5, 0.6) is 0 Å². The first-order chi connectivity index (χ1) is 14.2. The van der Waals surface area contributed by atoms with E-state index in [0.717, 1.165) is 11.0 Å². The summed E-state index contributed by atoms with van der Waals surface area (Å²) in [7, 11) is 12.9. The Bertz CT molecular complexity index is 1000. The van der Waals surface area contributed by atoms with Gasteiger partial charge in [-0.3, -0.25) is 4.48 Å². The van der Waals surface area contributed by atoms with Crippen LogP contribution in [0.3, 0.4) is 0 Å². The van der Waals surface area contributed by atoms with Gasteiger partial charge in [0.15, 0.2) is 5.71 Å². The lowest BCUT2D eigenvalue weighted by atomic mass is 9.90. The number of quaternary nitrogens is 1. The molecule has 0 aliphatic heterocycles. The highest BCUT2D eigenvalue weighted by Crippen LogP contribution is 2.32. The molecule has 0 atom stereocenters. The Labute approximate surface area is 206 Å². The molecule has 1 aliphatic rings. The van der Waals surface area contributed by atoms with E-state index < -0.39 is 0 Å². The number of benzene rings is 2. The number of hydrogen-bond acceptors (Lipinski definition) is 1. The number of anilines is 1. The summed E-state index contributed by atoms with van der Waals surface area (Å²) in [6, 6.07) is 17.9. The van der Waals surface area contributed by atoms with Gasteiger partial charge in [0.1, 0.15) is 19.8 Å². The Morgan fingerprint density at radius 1 is 0.781 bits per heavy atom. The van der Waals surface area contributed by atoms with Gasteiger partial charge >= 0.3 is 0 Å². The Hall–Kier alpha value is -2.33. The molecule has 0 N–H and O–H groups in total. The van der Waals surface area contributed by atoms with Crippen molar-refractivity contribution in [2.24, 2.45) is 0 Å². The maximum atomic E-state index is 2.26. The molecule has 2 aromatic rings. The van der Waals surface area contributed by atoms with Gasteiger partial charge in [-0.2, -0.15) is 0 Å². The SMILES string of the molecule is CCN(C)c1ccc(C(=C2C=CC(=[N+](C)C)C=C2)c2ccc([N+](C)(C)C)cc2)cc1.Cl.Cl. The predicted molar refractivity (Wildman–Crippen MR) is 147 cm³/mol. The van der Waals surface area contributed by atoms with E-state index in [1.165, 1.54) is 39.4 Å². The van der Waals surface area contributed by atoms with Crippen molar-refractivity contribution >= 4 is 47.5 Å². The second-order valence-corrected chi connectivity index (χ2v) is 8.94. The molecule has 172 valence electrons. The zero-order valence-corrected chi connectivity index (χ0v) is 21.9. The molecule has 2 aromatic carbocycles. The molecule has 0 unspecified atom stereocenters. The Balaban J connectivity index is 0.00000256. The first-order valence-electron chi connectivity index (χ1n) is 10.6. The molecule has 1 aliphatic carbocycles. The summed E-state index contributed by atoms with van der Waals surface area (Å²) in [6.07, 6.45) is 8.83. The minimum atomic E-state index is 0. The number of allylic oxidation sites excluding steroid dienone is 5. The zero-order chi connectivity index (χ0) is 21.9. The topological polar surface area (TPSA) is 6.25 Å². The van der Waals surface area contributed by atoms with E-state index >= 15 is 0 Å². The lowest BCUT2D eigenvalue weighted by Crippen LogP contribution is -2.34. The van der Waals surface area contributed by atoms with Crippen LogP contribution >= 0.6 is 24.8 Å². The smallest absolute Gasteiger partial charge is 0.199 e. The van der Waals surface area contributed by atoms with Crippen molar-refractivity contribution in [1.29, 1.82) is 0 Å². The van der Waals surface area contributed by atoms with Gasteiger partial charge in [0, 0.05) is 31.4 Å². The van der Waals surface area contributed by atoms with E-state index in [4.69, 9.17) is 0 Å². The van der Waals surface area contributed by atoms with Gasteiger partial charge in [-0.1, -0.05) is 12.1 Å². The summed E-state index contributed by atoms with van der Waals surface area (Å²) in [5, 5.41) is 0. The van der Waals surface area contributed by atoms with E-state index in [1.807, 2.05) is 0 Å². The Kier molecular flexibility index (Phi) is 9.96. The summed E-state index contributed by atoms with van der Waals surface area (Å²) in [5.74, 6) is 0. The van der Waals surface area contributed by atoms with E-state index in [-0.39, 0.29) is 24.8 Å². The van der Waals surface area contributed by atoms with Gasteiger partial charge in [-0.05, 0) is 77.7 Å². The molecule has 32 heavy (non-hydrogen) atoms. The predicted octanol–water partition coefficient (Wildman–Crippen LogP) is 5.82. The summed E-state index contributed by atoms with van der Waals surface area (Å²) < 4.78 is 2.94. The molecule has 3 nitrogen and oxygen atoms in total. The molecular formula is C27H37Cl2N3+2. The summed E-state index contributed by atoms with van der Waals surface area (Å²) >= 11 is 0. The molecular weight excluding hydrogens is 437 g/mol. The summed E-state index contributed by atoms with van der Waals surface area (Å²) in [4.78, 5) is 2.26. The highest BCUT2D eigenvalue weighted by atomic mass is 35.5. The highest BCUT2D eigenvalue weighted by Gasteiger charge is 2.16. The van der Waals surface area contributed by atoms with Crippen LogP contribution in [-0.4, -0.2) is 59.1 Å². The number of halogens is 2. The largest absolute Gasteiger partial charge is 0.375 e. The molecule has 0 saturated heterocycles. The molecule has 0 fully saturated rings. The number of nitrogens with zero attached hydrogens (tertiary/aromatic N) is 3. The van der Waals surface area contributed by atoms with Gasteiger partial charge in [0.25, 0.3) is 0 Å². The lowest BCUT2D eigenvalue weighted by molar-refractivity contribution is -0.462. The standard InChI is InChI=1S/C27H35N3.2ClH/c1-8-29(4)25-17-11-22(12-18-25)27(21-9-15-24(16-10-21)28(2)3)23-13-19-26(20-14-23)30(5,6)7;;/h9-20H,8H2,1-7H3;2*1H/q+2;;. The van der Waals surface area contributed by atoms with Crippen LogP contribution in [0.2, 0.25) is 0 Å². The van der Waals surface area contributed by atoms with Crippen LogP contribution in [0.15, 0.2) is 78.4 Å². The van der Waals surface area contributed by atoms with Crippen LogP contribution in [0.1, 0.15) is 18.1 Å². The van der Waals surface area contributed by atoms with Crippen molar-refractivity contribution in [3.05, 3.63) is 89.5 Å². The number of hydrogen-bond donors (Lipinski definition) is 0. The third-order valence-electron chi connectivity index (χ3n) is 5.67. The van der Waals surface area contributed by atoms with Crippen LogP contribution in [0.25, 0.3) is 5.57 Å². The maximum Gasteiger partial charge on any atom is 0.199 e. The van der Waals surface area contributed by atoms with Crippen LogP contribution in [-0.2, 0) is 0 Å². The molecule has 0 aromatic heterocycles. The lowest BCUT2D eigenvalue weighted by Gasteiger charge is -2.24. The van der Waals surface area contributed by atoms with Gasteiger partial charge in [-0.15, -0.1) is 24.8 Å². The van der Waals surface area contributed by atoms with E-state index in [9.17, 15) is 0 Å². The molecule has 3 rings (SSSR count). The first-order valence-corrected chi connectivity index (χ1v) is 10.6. The number of rotatable bonds is 5. The van der Waals surface area contributed by atoms with Crippen LogP contribution in [0, 0.1) is 0 Å². The van der Waals surface area contributed by atoms with E-state index in [0.29, 0.717) is 0 Å². The third kappa shape index (κ3) is 6.35. The quantitative estimate of drug-likeness (QED) is 0.391. The fourth-order valence-electron chi connectivity index (χ4n) is 3.57. The highest BCUT2D eigenvalue weighted by molar-refractivity contribution is 6.04. The zero-order valence-electron chi connectivity index (χ0n) is 20.3. The Morgan fingerprint density at radius 3 is 1.66 bits per heavy atom. The monoisotopic (exact) mass is 473 g/mol. The third-order valence-corrected chi connectivity index (χ3v) is 5.67. The molecule has 5 heteroatoms. The van der Waals surface area contributed by atoms with Crippen molar-refractivity contribution in [1.82, 2.24) is 4.48 Å². The van der Waals surface area contributed by atoms with Crippen molar-refractivity contribution < 1.29 is 4.58 Å². The minimum absolute atomic E-state index is 0. The molecule has 0 radical (unpaired) electrons. The van der Waals surface area contributed by atoms with Gasteiger partial charge < -0.3 is 4.90 Å². The second-order valence-electron chi connectivity index (χ2n) is 8.94. The molecule has 0 saturated carbocycles. The summed E-state index contributed by atoms with van der Waals surface area (Å²) in [5.41, 5.74) is 8.71. The van der Waals surface area contributed by atoms with Gasteiger partial charge in [0.2, 0.25) is 0 Å². The Morgan fingerprint density at radius 2 is 1.25 bits per heavy atom. The van der Waals surface area contributed by atoms with Crippen LogP contribution < -0.4 is 9.38 Å². The minimum Gasteiger partial charge on any atom is -0.375 e. The van der Waals surface area contributed by atoms with Gasteiger partial charge in [-0.25, -0.2) is 4.58 Å². The average molecular weight is 475 g/mol. The van der Waals surface area contributed by atoms with Crippen LogP contribution in [0.4, 0.5) is 11.4 Å².